The molecule has 1 heterocycles. The Balaban J connectivity index is 1.58. The first-order valence-electron chi connectivity index (χ1n) is 11.2. The molecular weight excluding hydrogens is 409 g/mol. The molecule has 1 fully saturated rings. The van der Waals surface area contributed by atoms with Gasteiger partial charge < -0.3 is 15.4 Å². The van der Waals surface area contributed by atoms with Gasteiger partial charge in [0.1, 0.15) is 11.9 Å². The van der Waals surface area contributed by atoms with E-state index in [-0.39, 0.29) is 24.7 Å². The van der Waals surface area contributed by atoms with E-state index < -0.39 is 12.1 Å². The lowest BCUT2D eigenvalue weighted by molar-refractivity contribution is -0.148. The third-order valence-corrected chi connectivity index (χ3v) is 5.59. The first-order valence-corrected chi connectivity index (χ1v) is 11.2. The molecule has 1 atom stereocenters. The summed E-state index contributed by atoms with van der Waals surface area (Å²) in [4.78, 5) is 25.7. The minimum Gasteiger partial charge on any atom is -0.460 e. The Labute approximate surface area is 189 Å². The number of hydrogen-bond acceptors (Lipinski definition) is 5. The van der Waals surface area contributed by atoms with Crippen LogP contribution in [0.3, 0.4) is 0 Å². The van der Waals surface area contributed by atoms with Crippen LogP contribution in [0, 0.1) is 5.82 Å². The van der Waals surface area contributed by atoms with Crippen molar-refractivity contribution >= 4 is 11.9 Å². The molecule has 1 amide bonds. The van der Waals surface area contributed by atoms with Crippen LogP contribution in [-0.4, -0.2) is 55.6 Å². The fourth-order valence-electron chi connectivity index (χ4n) is 3.74. The van der Waals surface area contributed by atoms with Crippen LogP contribution in [-0.2, 0) is 27.3 Å². The molecule has 1 aliphatic rings. The molecule has 7 heteroatoms. The van der Waals surface area contributed by atoms with Gasteiger partial charge in [-0.3, -0.25) is 14.5 Å². The highest BCUT2D eigenvalue weighted by molar-refractivity contribution is 5.74. The number of piperazine rings is 1. The van der Waals surface area contributed by atoms with Crippen LogP contribution in [0.1, 0.15) is 31.4 Å². The van der Waals surface area contributed by atoms with Gasteiger partial charge in [0.25, 0.3) is 0 Å². The van der Waals surface area contributed by atoms with E-state index in [4.69, 9.17) is 4.74 Å². The van der Waals surface area contributed by atoms with Crippen LogP contribution in [0.15, 0.2) is 42.5 Å². The highest BCUT2D eigenvalue weighted by Gasteiger charge is 2.15. The van der Waals surface area contributed by atoms with Gasteiger partial charge in [-0.1, -0.05) is 43.3 Å². The zero-order valence-corrected chi connectivity index (χ0v) is 18.8. The third kappa shape index (κ3) is 7.14. The van der Waals surface area contributed by atoms with E-state index in [2.05, 4.69) is 15.5 Å². The Morgan fingerprint density at radius 2 is 1.81 bits per heavy atom. The number of benzene rings is 2. The number of ether oxygens (including phenoxy) is 1. The summed E-state index contributed by atoms with van der Waals surface area (Å²) in [7, 11) is 0. The highest BCUT2D eigenvalue weighted by Crippen LogP contribution is 2.25. The van der Waals surface area contributed by atoms with E-state index in [0.717, 1.165) is 38.3 Å². The minimum atomic E-state index is -0.438. The number of carbonyl (C=O) groups excluding carboxylic acids is 2. The molecule has 0 aliphatic carbocycles. The summed E-state index contributed by atoms with van der Waals surface area (Å²) in [5.41, 5.74) is 3.08. The van der Waals surface area contributed by atoms with Crippen molar-refractivity contribution < 1.29 is 18.7 Å². The molecule has 0 bridgehead atoms. The first kappa shape index (κ1) is 23.9. The van der Waals surface area contributed by atoms with Crippen LogP contribution in [0.5, 0.6) is 0 Å². The van der Waals surface area contributed by atoms with E-state index in [9.17, 15) is 14.0 Å². The maximum atomic E-state index is 14.8. The summed E-state index contributed by atoms with van der Waals surface area (Å²) < 4.78 is 20.2. The lowest BCUT2D eigenvalue weighted by atomic mass is 10.0. The zero-order valence-electron chi connectivity index (χ0n) is 18.8. The summed E-state index contributed by atoms with van der Waals surface area (Å²) in [6.45, 7) is 8.55. The second-order valence-electron chi connectivity index (χ2n) is 8.17. The standard InChI is InChI=1S/C25H32FN3O3/c1-3-22(16-28-18(2)30)32-25(31)15-20-6-9-23(24(26)14-20)21-7-4-19(5-8-21)17-29-12-10-27-11-13-29/h4-9,14,22,27H,3,10-13,15-17H2,1-2H3,(H,28,30)/t22-/m1/s1. The molecule has 2 N–H and O–H groups in total. The quantitative estimate of drug-likeness (QED) is 0.586. The average Bonchev–Trinajstić information content (AvgIpc) is 2.78. The van der Waals surface area contributed by atoms with Gasteiger partial charge in [0.15, 0.2) is 0 Å². The Morgan fingerprint density at radius 1 is 1.12 bits per heavy atom. The number of nitrogens with one attached hydrogen (secondary N) is 2. The zero-order chi connectivity index (χ0) is 22.9. The van der Waals surface area contributed by atoms with Gasteiger partial charge in [0.05, 0.1) is 13.0 Å². The molecule has 0 aromatic heterocycles. The van der Waals surface area contributed by atoms with Crippen molar-refractivity contribution in [3.63, 3.8) is 0 Å². The van der Waals surface area contributed by atoms with Crippen molar-refractivity contribution in [1.29, 1.82) is 0 Å². The predicted molar refractivity (Wildman–Crippen MR) is 123 cm³/mol. The van der Waals surface area contributed by atoms with Gasteiger partial charge in [-0.05, 0) is 29.2 Å². The molecule has 0 spiro atoms. The first-order chi connectivity index (χ1) is 15.4. The SMILES string of the molecule is CC[C@H](CNC(C)=O)OC(=O)Cc1ccc(-c2ccc(CN3CCNCC3)cc2)c(F)c1. The van der Waals surface area contributed by atoms with E-state index >= 15 is 0 Å². The summed E-state index contributed by atoms with van der Waals surface area (Å²) in [5.74, 6) is -0.976. The van der Waals surface area contributed by atoms with E-state index in [1.165, 1.54) is 18.6 Å². The summed E-state index contributed by atoms with van der Waals surface area (Å²) in [6, 6.07) is 12.8. The molecule has 0 saturated carbocycles. The normalized spacial score (nSPS) is 15.2. The average molecular weight is 442 g/mol. The van der Waals surface area contributed by atoms with Crippen LogP contribution < -0.4 is 10.6 Å². The molecule has 6 nitrogen and oxygen atoms in total. The van der Waals surface area contributed by atoms with E-state index in [1.807, 2.05) is 31.2 Å². The van der Waals surface area contributed by atoms with Gasteiger partial charge in [-0.15, -0.1) is 0 Å². The molecule has 172 valence electrons. The number of carbonyl (C=O) groups is 2. The fraction of sp³-hybridized carbons (Fsp3) is 0.440. The van der Waals surface area contributed by atoms with Crippen molar-refractivity contribution in [2.45, 2.75) is 39.3 Å². The Morgan fingerprint density at radius 3 is 2.44 bits per heavy atom. The molecular formula is C25H32FN3O3. The Bertz CT molecular complexity index is 911. The molecule has 1 saturated heterocycles. The topological polar surface area (TPSA) is 70.7 Å². The second-order valence-corrected chi connectivity index (χ2v) is 8.17. The minimum absolute atomic E-state index is 0.0165. The fourth-order valence-corrected chi connectivity index (χ4v) is 3.74. The number of halogens is 1. The molecule has 32 heavy (non-hydrogen) atoms. The molecule has 3 rings (SSSR count). The van der Waals surface area contributed by atoms with Crippen molar-refractivity contribution in [3.05, 3.63) is 59.4 Å². The van der Waals surface area contributed by atoms with Crippen LogP contribution in [0.4, 0.5) is 4.39 Å². The van der Waals surface area contributed by atoms with Gasteiger partial charge in [0.2, 0.25) is 5.91 Å². The molecule has 1 aliphatic heterocycles. The lowest BCUT2D eigenvalue weighted by Crippen LogP contribution is -2.42. The third-order valence-electron chi connectivity index (χ3n) is 5.59. The molecule has 2 aromatic carbocycles. The monoisotopic (exact) mass is 441 g/mol. The van der Waals surface area contributed by atoms with Crippen molar-refractivity contribution in [2.75, 3.05) is 32.7 Å². The van der Waals surface area contributed by atoms with Crippen molar-refractivity contribution in [3.8, 4) is 11.1 Å². The molecule has 0 radical (unpaired) electrons. The van der Waals surface area contributed by atoms with Crippen LogP contribution in [0.25, 0.3) is 11.1 Å². The van der Waals surface area contributed by atoms with Crippen molar-refractivity contribution in [1.82, 2.24) is 15.5 Å². The van der Waals surface area contributed by atoms with E-state index in [1.54, 1.807) is 12.1 Å². The summed E-state index contributed by atoms with van der Waals surface area (Å²) >= 11 is 0. The van der Waals surface area contributed by atoms with Gasteiger partial charge in [-0.2, -0.15) is 0 Å². The Kier molecular flexibility index (Phi) is 8.76. The molecule has 0 unspecified atom stereocenters. The smallest absolute Gasteiger partial charge is 0.310 e. The molecule has 2 aromatic rings. The highest BCUT2D eigenvalue weighted by atomic mass is 19.1. The number of amides is 1. The van der Waals surface area contributed by atoms with Gasteiger partial charge in [-0.25, -0.2) is 4.39 Å². The van der Waals surface area contributed by atoms with Crippen LogP contribution >= 0.6 is 0 Å². The summed E-state index contributed by atoms with van der Waals surface area (Å²) in [6.07, 6.45) is 0.177. The van der Waals surface area contributed by atoms with Crippen LogP contribution in [0.2, 0.25) is 0 Å². The lowest BCUT2D eigenvalue weighted by Gasteiger charge is -2.27. The number of esters is 1. The van der Waals surface area contributed by atoms with E-state index in [0.29, 0.717) is 17.5 Å². The number of hydrogen-bond donors (Lipinski definition) is 2. The second kappa shape index (κ2) is 11.7. The maximum Gasteiger partial charge on any atom is 0.310 e. The number of rotatable bonds is 9. The van der Waals surface area contributed by atoms with Crippen molar-refractivity contribution in [2.24, 2.45) is 0 Å². The largest absolute Gasteiger partial charge is 0.460 e. The number of nitrogens with zero attached hydrogens (tertiary/aromatic N) is 1. The van der Waals surface area contributed by atoms with Gasteiger partial charge >= 0.3 is 5.97 Å². The summed E-state index contributed by atoms with van der Waals surface area (Å²) in [5, 5.41) is 5.99. The Hall–Kier alpha value is -2.77. The van der Waals surface area contributed by atoms with Gasteiger partial charge in [0, 0.05) is 45.2 Å². The predicted octanol–water partition coefficient (Wildman–Crippen LogP) is 2.90. The maximum absolute atomic E-state index is 14.8.